The van der Waals surface area contributed by atoms with Crippen molar-refractivity contribution in [3.05, 3.63) is 83.9 Å². The monoisotopic (exact) mass is 341 g/mol. The molecule has 0 unspecified atom stereocenters. The quantitative estimate of drug-likeness (QED) is 0.564. The zero-order chi connectivity index (χ0) is 17.9. The number of hydrogen-bond acceptors (Lipinski definition) is 2. The average molecular weight is 341 g/mol. The number of para-hydroxylation sites is 2. The SMILES string of the molecule is Cc1ccc(-c2nc3ccccc3[nH]2)cc1NC(=O)Cc1ccccc1. The predicted molar refractivity (Wildman–Crippen MR) is 105 cm³/mol. The van der Waals surface area contributed by atoms with Gasteiger partial charge in [-0.15, -0.1) is 0 Å². The largest absolute Gasteiger partial charge is 0.338 e. The van der Waals surface area contributed by atoms with Gasteiger partial charge in [-0.3, -0.25) is 4.79 Å². The number of aromatic amines is 1. The second-order valence-electron chi connectivity index (χ2n) is 6.34. The van der Waals surface area contributed by atoms with Crippen molar-refractivity contribution in [2.75, 3.05) is 5.32 Å². The van der Waals surface area contributed by atoms with E-state index in [1.165, 1.54) is 0 Å². The summed E-state index contributed by atoms with van der Waals surface area (Å²) in [6.45, 7) is 1.99. The summed E-state index contributed by atoms with van der Waals surface area (Å²) in [6, 6.07) is 23.7. The lowest BCUT2D eigenvalue weighted by molar-refractivity contribution is -0.115. The molecule has 1 amide bonds. The lowest BCUT2D eigenvalue weighted by atomic mass is 10.1. The van der Waals surface area contributed by atoms with Crippen molar-refractivity contribution in [3.63, 3.8) is 0 Å². The molecule has 128 valence electrons. The van der Waals surface area contributed by atoms with Gasteiger partial charge in [0, 0.05) is 11.3 Å². The van der Waals surface area contributed by atoms with E-state index in [1.807, 2.05) is 79.7 Å². The van der Waals surface area contributed by atoms with Crippen LogP contribution in [0.5, 0.6) is 0 Å². The van der Waals surface area contributed by atoms with Gasteiger partial charge in [-0.2, -0.15) is 0 Å². The molecule has 0 aliphatic rings. The Labute approximate surface area is 151 Å². The lowest BCUT2D eigenvalue weighted by Crippen LogP contribution is -2.15. The summed E-state index contributed by atoms with van der Waals surface area (Å²) in [6.07, 6.45) is 0.356. The van der Waals surface area contributed by atoms with Gasteiger partial charge in [0.15, 0.2) is 0 Å². The maximum Gasteiger partial charge on any atom is 0.228 e. The predicted octanol–water partition coefficient (Wildman–Crippen LogP) is 4.72. The number of carbonyl (C=O) groups is 1. The number of imidazole rings is 1. The number of aromatic nitrogens is 2. The molecule has 1 heterocycles. The second-order valence-corrected chi connectivity index (χ2v) is 6.34. The van der Waals surface area contributed by atoms with Crippen LogP contribution in [0.25, 0.3) is 22.4 Å². The molecule has 0 aliphatic heterocycles. The molecule has 0 radical (unpaired) electrons. The van der Waals surface area contributed by atoms with Crippen LogP contribution in [0.15, 0.2) is 72.8 Å². The maximum absolute atomic E-state index is 12.4. The minimum absolute atomic E-state index is 0.0268. The molecule has 4 rings (SSSR count). The Morgan fingerprint density at radius 2 is 1.77 bits per heavy atom. The summed E-state index contributed by atoms with van der Waals surface area (Å²) in [4.78, 5) is 20.3. The van der Waals surface area contributed by atoms with E-state index < -0.39 is 0 Å². The number of benzene rings is 3. The van der Waals surface area contributed by atoms with Crippen LogP contribution < -0.4 is 5.32 Å². The van der Waals surface area contributed by atoms with E-state index in [2.05, 4.69) is 15.3 Å². The number of rotatable bonds is 4. The zero-order valence-electron chi connectivity index (χ0n) is 14.5. The van der Waals surface area contributed by atoms with Crippen molar-refractivity contribution in [1.29, 1.82) is 0 Å². The first-order chi connectivity index (χ1) is 12.7. The van der Waals surface area contributed by atoms with Crippen LogP contribution in [0.4, 0.5) is 5.69 Å². The van der Waals surface area contributed by atoms with Gasteiger partial charge in [0.1, 0.15) is 5.82 Å². The van der Waals surface area contributed by atoms with Crippen LogP contribution in [0, 0.1) is 6.92 Å². The Morgan fingerprint density at radius 3 is 2.58 bits per heavy atom. The maximum atomic E-state index is 12.4. The van der Waals surface area contributed by atoms with Crippen LogP contribution in [0.1, 0.15) is 11.1 Å². The summed E-state index contributed by atoms with van der Waals surface area (Å²) in [5.74, 6) is 0.769. The highest BCUT2D eigenvalue weighted by Crippen LogP contribution is 2.25. The molecule has 0 saturated heterocycles. The third-order valence-corrected chi connectivity index (χ3v) is 4.38. The number of nitrogens with zero attached hydrogens (tertiary/aromatic N) is 1. The fourth-order valence-electron chi connectivity index (χ4n) is 2.97. The van der Waals surface area contributed by atoms with Gasteiger partial charge in [0.25, 0.3) is 0 Å². The zero-order valence-corrected chi connectivity index (χ0v) is 14.5. The van der Waals surface area contributed by atoms with Gasteiger partial charge in [-0.25, -0.2) is 4.98 Å². The van der Waals surface area contributed by atoms with E-state index in [9.17, 15) is 4.79 Å². The first-order valence-corrected chi connectivity index (χ1v) is 8.58. The fourth-order valence-corrected chi connectivity index (χ4v) is 2.97. The molecule has 0 saturated carbocycles. The molecule has 0 aliphatic carbocycles. The summed E-state index contributed by atoms with van der Waals surface area (Å²) in [5, 5.41) is 3.02. The molecule has 0 atom stereocenters. The minimum Gasteiger partial charge on any atom is -0.338 e. The average Bonchev–Trinajstić information content (AvgIpc) is 3.08. The lowest BCUT2D eigenvalue weighted by Gasteiger charge is -2.10. The van der Waals surface area contributed by atoms with Crippen molar-refractivity contribution in [2.24, 2.45) is 0 Å². The van der Waals surface area contributed by atoms with Crippen molar-refractivity contribution in [3.8, 4) is 11.4 Å². The normalized spacial score (nSPS) is 10.8. The molecule has 2 N–H and O–H groups in total. The Bertz CT molecular complexity index is 1030. The van der Waals surface area contributed by atoms with Crippen molar-refractivity contribution in [1.82, 2.24) is 9.97 Å². The second kappa shape index (κ2) is 6.84. The molecule has 0 spiro atoms. The van der Waals surface area contributed by atoms with Gasteiger partial charge in [-0.1, -0.05) is 54.6 Å². The van der Waals surface area contributed by atoms with Gasteiger partial charge in [0.05, 0.1) is 17.5 Å². The fraction of sp³-hybridized carbons (Fsp3) is 0.0909. The number of fused-ring (bicyclic) bond motifs is 1. The van der Waals surface area contributed by atoms with Crippen molar-refractivity contribution < 1.29 is 4.79 Å². The molecule has 3 aromatic carbocycles. The van der Waals surface area contributed by atoms with E-state index >= 15 is 0 Å². The molecule has 0 fully saturated rings. The third kappa shape index (κ3) is 3.35. The van der Waals surface area contributed by atoms with Gasteiger partial charge in [-0.05, 0) is 36.2 Å². The standard InChI is InChI=1S/C22H19N3O/c1-15-11-12-17(22-24-18-9-5-6-10-19(18)25-22)14-20(15)23-21(26)13-16-7-3-2-4-8-16/h2-12,14H,13H2,1H3,(H,23,26)(H,24,25). The molecule has 4 nitrogen and oxygen atoms in total. The summed E-state index contributed by atoms with van der Waals surface area (Å²) < 4.78 is 0. The number of hydrogen-bond donors (Lipinski definition) is 2. The first kappa shape index (κ1) is 16.1. The number of nitrogens with one attached hydrogen (secondary N) is 2. The summed E-state index contributed by atoms with van der Waals surface area (Å²) in [7, 11) is 0. The Balaban J connectivity index is 1.59. The van der Waals surface area contributed by atoms with Crippen LogP contribution in [0.3, 0.4) is 0 Å². The van der Waals surface area contributed by atoms with E-state index in [-0.39, 0.29) is 5.91 Å². The Morgan fingerprint density at radius 1 is 1.00 bits per heavy atom. The van der Waals surface area contributed by atoms with Gasteiger partial charge in [0.2, 0.25) is 5.91 Å². The molecule has 26 heavy (non-hydrogen) atoms. The molecular weight excluding hydrogens is 322 g/mol. The van der Waals surface area contributed by atoms with Crippen molar-refractivity contribution in [2.45, 2.75) is 13.3 Å². The third-order valence-electron chi connectivity index (χ3n) is 4.38. The van der Waals surface area contributed by atoms with Crippen LogP contribution >= 0.6 is 0 Å². The minimum atomic E-state index is -0.0268. The van der Waals surface area contributed by atoms with Gasteiger partial charge < -0.3 is 10.3 Å². The van der Waals surface area contributed by atoms with E-state index in [0.29, 0.717) is 6.42 Å². The highest BCUT2D eigenvalue weighted by molar-refractivity contribution is 5.93. The van der Waals surface area contributed by atoms with E-state index in [1.54, 1.807) is 0 Å². The van der Waals surface area contributed by atoms with Gasteiger partial charge >= 0.3 is 0 Å². The first-order valence-electron chi connectivity index (χ1n) is 8.58. The van der Waals surface area contributed by atoms with E-state index in [4.69, 9.17) is 0 Å². The summed E-state index contributed by atoms with van der Waals surface area (Å²) in [5.41, 5.74) is 5.70. The number of H-pyrrole nitrogens is 1. The number of aryl methyl sites for hydroxylation is 1. The smallest absolute Gasteiger partial charge is 0.228 e. The highest BCUT2D eigenvalue weighted by Gasteiger charge is 2.10. The van der Waals surface area contributed by atoms with E-state index in [0.717, 1.165) is 39.2 Å². The molecular formula is C22H19N3O. The molecule has 1 aromatic heterocycles. The molecule has 4 aromatic rings. The van der Waals surface area contributed by atoms with Crippen LogP contribution in [-0.2, 0) is 11.2 Å². The molecule has 0 bridgehead atoms. The van der Waals surface area contributed by atoms with Crippen LogP contribution in [-0.4, -0.2) is 15.9 Å². The number of carbonyl (C=O) groups excluding carboxylic acids is 1. The van der Waals surface area contributed by atoms with Crippen LogP contribution in [0.2, 0.25) is 0 Å². The Kier molecular flexibility index (Phi) is 4.23. The number of anilines is 1. The highest BCUT2D eigenvalue weighted by atomic mass is 16.1. The summed E-state index contributed by atoms with van der Waals surface area (Å²) >= 11 is 0. The van der Waals surface area contributed by atoms with Crippen molar-refractivity contribution >= 4 is 22.6 Å². The number of amides is 1. The molecule has 4 heteroatoms. The Hall–Kier alpha value is -3.40. The topological polar surface area (TPSA) is 57.8 Å².